The maximum Gasteiger partial charge on any atom is 0.243 e. The van der Waals surface area contributed by atoms with Gasteiger partial charge in [0, 0.05) is 31.4 Å². The second-order valence-corrected chi connectivity index (χ2v) is 4.75. The number of nitrogen functional groups attached to an aromatic ring is 1. The summed E-state index contributed by atoms with van der Waals surface area (Å²) in [7, 11) is 0. The SMILES string of the molecule is Cc1ncc(CN2CCC(OCC(N)=O)C2)c(N)n1. The van der Waals surface area contributed by atoms with Crippen molar-refractivity contribution in [3.8, 4) is 0 Å². The number of likely N-dealkylation sites (tertiary alicyclic amines) is 1. The zero-order valence-corrected chi connectivity index (χ0v) is 11.0. The summed E-state index contributed by atoms with van der Waals surface area (Å²) in [5.74, 6) is 0.758. The number of aryl methyl sites for hydroxylation is 1. The molecule has 1 aromatic heterocycles. The predicted molar refractivity (Wildman–Crippen MR) is 70.0 cm³/mol. The van der Waals surface area contributed by atoms with Crippen LogP contribution >= 0.6 is 0 Å². The number of primary amides is 1. The molecule has 0 aromatic carbocycles. The first-order chi connectivity index (χ1) is 9.04. The van der Waals surface area contributed by atoms with Crippen LogP contribution in [0.3, 0.4) is 0 Å². The van der Waals surface area contributed by atoms with Crippen molar-refractivity contribution in [1.29, 1.82) is 0 Å². The van der Waals surface area contributed by atoms with Gasteiger partial charge in [-0.2, -0.15) is 0 Å². The van der Waals surface area contributed by atoms with Gasteiger partial charge in [0.05, 0.1) is 6.10 Å². The number of rotatable bonds is 5. The van der Waals surface area contributed by atoms with Crippen LogP contribution in [-0.4, -0.2) is 46.6 Å². The zero-order chi connectivity index (χ0) is 13.8. The largest absolute Gasteiger partial charge is 0.383 e. The molecule has 19 heavy (non-hydrogen) atoms. The first-order valence-electron chi connectivity index (χ1n) is 6.25. The molecule has 0 saturated carbocycles. The quantitative estimate of drug-likeness (QED) is 0.739. The highest BCUT2D eigenvalue weighted by Crippen LogP contribution is 2.17. The van der Waals surface area contributed by atoms with E-state index in [1.807, 2.05) is 6.92 Å². The van der Waals surface area contributed by atoms with Gasteiger partial charge in [-0.1, -0.05) is 0 Å². The van der Waals surface area contributed by atoms with E-state index in [2.05, 4.69) is 14.9 Å². The Morgan fingerprint density at radius 3 is 3.11 bits per heavy atom. The molecule has 1 aliphatic rings. The Hall–Kier alpha value is -1.73. The third kappa shape index (κ3) is 3.87. The lowest BCUT2D eigenvalue weighted by molar-refractivity contribution is -0.124. The van der Waals surface area contributed by atoms with Gasteiger partial charge in [-0.15, -0.1) is 0 Å². The average Bonchev–Trinajstić information content (AvgIpc) is 2.78. The molecule has 1 saturated heterocycles. The molecule has 7 nitrogen and oxygen atoms in total. The number of nitrogens with zero attached hydrogens (tertiary/aromatic N) is 3. The summed E-state index contributed by atoms with van der Waals surface area (Å²) in [6, 6.07) is 0. The van der Waals surface area contributed by atoms with Crippen LogP contribution < -0.4 is 11.5 Å². The van der Waals surface area contributed by atoms with Crippen LogP contribution in [0.1, 0.15) is 17.8 Å². The number of ether oxygens (including phenoxy) is 1. The summed E-state index contributed by atoms with van der Waals surface area (Å²) in [4.78, 5) is 21.2. The summed E-state index contributed by atoms with van der Waals surface area (Å²) >= 11 is 0. The van der Waals surface area contributed by atoms with Crippen LogP contribution in [-0.2, 0) is 16.1 Å². The molecule has 1 aromatic rings. The van der Waals surface area contributed by atoms with Gasteiger partial charge in [0.15, 0.2) is 0 Å². The number of nitrogens with two attached hydrogens (primary N) is 2. The van der Waals surface area contributed by atoms with E-state index < -0.39 is 5.91 Å². The van der Waals surface area contributed by atoms with Gasteiger partial charge in [-0.05, 0) is 13.3 Å². The van der Waals surface area contributed by atoms with E-state index in [1.54, 1.807) is 6.20 Å². The van der Waals surface area contributed by atoms with Gasteiger partial charge in [0.25, 0.3) is 0 Å². The highest BCUT2D eigenvalue weighted by Gasteiger charge is 2.24. The van der Waals surface area contributed by atoms with E-state index in [4.69, 9.17) is 16.2 Å². The van der Waals surface area contributed by atoms with Gasteiger partial charge in [0.2, 0.25) is 5.91 Å². The second kappa shape index (κ2) is 5.94. The summed E-state index contributed by atoms with van der Waals surface area (Å²) < 4.78 is 5.40. The minimum Gasteiger partial charge on any atom is -0.383 e. The Morgan fingerprint density at radius 2 is 2.42 bits per heavy atom. The minimum absolute atomic E-state index is 0.0196. The molecule has 0 radical (unpaired) electrons. The lowest BCUT2D eigenvalue weighted by Crippen LogP contribution is -2.27. The lowest BCUT2D eigenvalue weighted by Gasteiger charge is -2.16. The first-order valence-corrected chi connectivity index (χ1v) is 6.25. The molecule has 104 valence electrons. The Balaban J connectivity index is 1.86. The van der Waals surface area contributed by atoms with Crippen LogP contribution in [0.25, 0.3) is 0 Å². The molecule has 2 rings (SSSR count). The molecular formula is C12H19N5O2. The molecule has 1 amide bonds. The standard InChI is InChI=1S/C12H19N5O2/c1-8-15-4-9(12(14)16-8)5-17-3-2-10(6-17)19-7-11(13)18/h4,10H,2-3,5-7H2,1H3,(H2,13,18)(H2,14,15,16). The van der Waals surface area contributed by atoms with Crippen molar-refractivity contribution in [3.63, 3.8) is 0 Å². The van der Waals surface area contributed by atoms with Gasteiger partial charge in [0.1, 0.15) is 18.2 Å². The number of carbonyl (C=O) groups is 1. The number of hydrogen-bond acceptors (Lipinski definition) is 6. The summed E-state index contributed by atoms with van der Waals surface area (Å²) in [6.07, 6.45) is 2.70. The normalized spacial score (nSPS) is 19.7. The average molecular weight is 265 g/mol. The fourth-order valence-corrected chi connectivity index (χ4v) is 2.15. The Morgan fingerprint density at radius 1 is 1.63 bits per heavy atom. The van der Waals surface area contributed by atoms with E-state index in [0.717, 1.165) is 25.1 Å². The fraction of sp³-hybridized carbons (Fsp3) is 0.583. The Kier molecular flexibility index (Phi) is 4.28. The Bertz CT molecular complexity index is 465. The minimum atomic E-state index is -0.436. The molecule has 1 fully saturated rings. The lowest BCUT2D eigenvalue weighted by atomic mass is 10.3. The molecule has 1 unspecified atom stereocenters. The smallest absolute Gasteiger partial charge is 0.243 e. The molecule has 0 spiro atoms. The van der Waals surface area contributed by atoms with Crippen LogP contribution in [0.5, 0.6) is 0 Å². The number of amides is 1. The number of aromatic nitrogens is 2. The van der Waals surface area contributed by atoms with Crippen molar-refractivity contribution in [2.24, 2.45) is 5.73 Å². The maximum atomic E-state index is 10.7. The third-order valence-corrected chi connectivity index (χ3v) is 3.10. The van der Waals surface area contributed by atoms with Crippen molar-refractivity contribution in [3.05, 3.63) is 17.6 Å². The van der Waals surface area contributed by atoms with Gasteiger partial charge < -0.3 is 16.2 Å². The molecule has 0 bridgehead atoms. The maximum absolute atomic E-state index is 10.7. The molecule has 1 atom stereocenters. The third-order valence-electron chi connectivity index (χ3n) is 3.10. The topological polar surface area (TPSA) is 107 Å². The summed E-state index contributed by atoms with van der Waals surface area (Å²) in [5, 5.41) is 0. The van der Waals surface area contributed by atoms with Crippen LogP contribution in [0.15, 0.2) is 6.20 Å². The molecule has 2 heterocycles. The van der Waals surface area contributed by atoms with Crippen molar-refractivity contribution in [1.82, 2.24) is 14.9 Å². The van der Waals surface area contributed by atoms with Crippen molar-refractivity contribution in [2.45, 2.75) is 26.0 Å². The Labute approximate surface area is 111 Å². The summed E-state index contributed by atoms with van der Waals surface area (Å²) in [5.41, 5.74) is 11.8. The van der Waals surface area contributed by atoms with E-state index in [9.17, 15) is 4.79 Å². The molecule has 0 aliphatic carbocycles. The van der Waals surface area contributed by atoms with E-state index in [-0.39, 0.29) is 12.7 Å². The second-order valence-electron chi connectivity index (χ2n) is 4.75. The van der Waals surface area contributed by atoms with Crippen LogP contribution in [0, 0.1) is 6.92 Å². The monoisotopic (exact) mass is 265 g/mol. The van der Waals surface area contributed by atoms with Gasteiger partial charge in [-0.3, -0.25) is 9.69 Å². The van der Waals surface area contributed by atoms with Crippen LogP contribution in [0.4, 0.5) is 5.82 Å². The van der Waals surface area contributed by atoms with Gasteiger partial charge in [-0.25, -0.2) is 9.97 Å². The van der Waals surface area contributed by atoms with E-state index >= 15 is 0 Å². The first kappa shape index (κ1) is 13.7. The number of hydrogen-bond donors (Lipinski definition) is 2. The zero-order valence-electron chi connectivity index (χ0n) is 11.0. The molecule has 1 aliphatic heterocycles. The molecule has 7 heteroatoms. The van der Waals surface area contributed by atoms with Gasteiger partial charge >= 0.3 is 0 Å². The molecule has 4 N–H and O–H groups in total. The summed E-state index contributed by atoms with van der Waals surface area (Å²) in [6.45, 7) is 4.15. The fourth-order valence-electron chi connectivity index (χ4n) is 2.15. The van der Waals surface area contributed by atoms with E-state index in [1.165, 1.54) is 0 Å². The highest BCUT2D eigenvalue weighted by atomic mass is 16.5. The number of carbonyl (C=O) groups excluding carboxylic acids is 1. The van der Waals surface area contributed by atoms with Crippen molar-refractivity contribution >= 4 is 11.7 Å². The number of anilines is 1. The predicted octanol–water partition coefficient (Wildman–Crippen LogP) is -0.557. The van der Waals surface area contributed by atoms with E-state index in [0.29, 0.717) is 18.2 Å². The van der Waals surface area contributed by atoms with Crippen molar-refractivity contribution in [2.75, 3.05) is 25.4 Å². The molecular weight excluding hydrogens is 246 g/mol. The van der Waals surface area contributed by atoms with Crippen molar-refractivity contribution < 1.29 is 9.53 Å². The van der Waals surface area contributed by atoms with Crippen LogP contribution in [0.2, 0.25) is 0 Å². The highest BCUT2D eigenvalue weighted by molar-refractivity contribution is 5.75.